The summed E-state index contributed by atoms with van der Waals surface area (Å²) in [6.07, 6.45) is 0. The van der Waals surface area contributed by atoms with Gasteiger partial charge in [-0.25, -0.2) is 0 Å². The van der Waals surface area contributed by atoms with Crippen molar-refractivity contribution in [2.75, 3.05) is 5.32 Å². The molecule has 0 aliphatic heterocycles. The van der Waals surface area contributed by atoms with Crippen LogP contribution >= 0.6 is 0 Å². The van der Waals surface area contributed by atoms with Crippen molar-refractivity contribution in [3.63, 3.8) is 0 Å². The fourth-order valence-corrected chi connectivity index (χ4v) is 3.27. The molecule has 0 fully saturated rings. The van der Waals surface area contributed by atoms with Crippen LogP contribution in [0.1, 0.15) is 34.5 Å². The summed E-state index contributed by atoms with van der Waals surface area (Å²) in [6.45, 7) is 4.03. The van der Waals surface area contributed by atoms with Gasteiger partial charge < -0.3 is 10.6 Å². The third-order valence-corrected chi connectivity index (χ3v) is 5.06. The Balaban J connectivity index is 1.43. The number of aryl methyl sites for hydroxylation is 1. The number of hydrogen-bond donors (Lipinski definition) is 2. The van der Waals surface area contributed by atoms with E-state index in [0.29, 0.717) is 11.4 Å². The summed E-state index contributed by atoms with van der Waals surface area (Å²) in [6, 6.07) is 29.1. The van der Waals surface area contributed by atoms with Gasteiger partial charge in [0.25, 0.3) is 5.91 Å². The molecule has 1 atom stereocenters. The maximum Gasteiger partial charge on any atom is 0.251 e. The largest absolute Gasteiger partial charge is 0.346 e. The Hall–Kier alpha value is -3.99. The average molecular weight is 409 g/mol. The summed E-state index contributed by atoms with van der Waals surface area (Å²) in [5, 5.41) is 14.8. The SMILES string of the molecule is Cc1ccc(C(C)NC(=O)c2cccc(Nc3ccc(-c4ccccc4)nn3)c2)cc1. The van der Waals surface area contributed by atoms with Crippen molar-refractivity contribution in [3.8, 4) is 11.3 Å². The second-order valence-corrected chi connectivity index (χ2v) is 7.48. The van der Waals surface area contributed by atoms with Crippen molar-refractivity contribution in [1.82, 2.24) is 15.5 Å². The lowest BCUT2D eigenvalue weighted by molar-refractivity contribution is 0.0940. The van der Waals surface area contributed by atoms with Gasteiger partial charge in [-0.3, -0.25) is 4.79 Å². The Kier molecular flexibility index (Phi) is 6.03. The van der Waals surface area contributed by atoms with Gasteiger partial charge in [0.1, 0.15) is 0 Å². The molecule has 0 saturated heterocycles. The number of nitrogens with one attached hydrogen (secondary N) is 2. The highest BCUT2D eigenvalue weighted by molar-refractivity contribution is 5.95. The molecule has 154 valence electrons. The molecule has 1 heterocycles. The monoisotopic (exact) mass is 408 g/mol. The standard InChI is InChI=1S/C26H24N4O/c1-18-11-13-20(14-12-18)19(2)27-26(31)22-9-6-10-23(17-22)28-25-16-15-24(29-30-25)21-7-4-3-5-8-21/h3-17,19H,1-2H3,(H,27,31)(H,28,30). The summed E-state index contributed by atoms with van der Waals surface area (Å²) in [5.41, 5.74) is 5.45. The number of amides is 1. The van der Waals surface area contributed by atoms with Gasteiger partial charge in [0.15, 0.2) is 5.82 Å². The number of nitrogens with zero attached hydrogens (tertiary/aromatic N) is 2. The zero-order chi connectivity index (χ0) is 21.6. The minimum absolute atomic E-state index is 0.0823. The van der Waals surface area contributed by atoms with Crippen LogP contribution in [0.4, 0.5) is 11.5 Å². The van der Waals surface area contributed by atoms with Crippen LogP contribution in [0, 0.1) is 6.92 Å². The lowest BCUT2D eigenvalue weighted by Gasteiger charge is -2.15. The van der Waals surface area contributed by atoms with Crippen LogP contribution in [0.3, 0.4) is 0 Å². The minimum atomic E-state index is -0.123. The number of anilines is 2. The molecule has 0 aliphatic carbocycles. The van der Waals surface area contributed by atoms with Gasteiger partial charge in [0.2, 0.25) is 0 Å². The van der Waals surface area contributed by atoms with Crippen LogP contribution in [0.2, 0.25) is 0 Å². The van der Waals surface area contributed by atoms with Crippen LogP contribution < -0.4 is 10.6 Å². The first-order chi connectivity index (χ1) is 15.1. The predicted octanol–water partition coefficient (Wildman–Crippen LogP) is 5.69. The Morgan fingerprint density at radius 1 is 0.839 bits per heavy atom. The summed E-state index contributed by atoms with van der Waals surface area (Å²) in [7, 11) is 0. The number of hydrogen-bond acceptors (Lipinski definition) is 4. The van der Waals surface area contributed by atoms with Crippen molar-refractivity contribution in [1.29, 1.82) is 0 Å². The first-order valence-corrected chi connectivity index (χ1v) is 10.2. The lowest BCUT2D eigenvalue weighted by atomic mass is 10.1. The van der Waals surface area contributed by atoms with E-state index in [4.69, 9.17) is 0 Å². The number of benzene rings is 3. The van der Waals surface area contributed by atoms with E-state index in [2.05, 4.69) is 20.8 Å². The molecule has 1 unspecified atom stereocenters. The van der Waals surface area contributed by atoms with Crippen LogP contribution in [0.5, 0.6) is 0 Å². The molecule has 4 rings (SSSR count). The summed E-state index contributed by atoms with van der Waals surface area (Å²) in [4.78, 5) is 12.7. The highest BCUT2D eigenvalue weighted by atomic mass is 16.1. The molecule has 0 spiro atoms. The van der Waals surface area contributed by atoms with Crippen molar-refractivity contribution in [3.05, 3.63) is 108 Å². The van der Waals surface area contributed by atoms with Crippen molar-refractivity contribution < 1.29 is 4.79 Å². The van der Waals surface area contributed by atoms with Crippen molar-refractivity contribution in [2.45, 2.75) is 19.9 Å². The highest BCUT2D eigenvalue weighted by Crippen LogP contribution is 2.20. The van der Waals surface area contributed by atoms with Crippen LogP contribution in [0.25, 0.3) is 11.3 Å². The van der Waals surface area contributed by atoms with Gasteiger partial charge >= 0.3 is 0 Å². The lowest BCUT2D eigenvalue weighted by Crippen LogP contribution is -2.26. The number of carbonyl (C=O) groups is 1. The molecule has 0 aliphatic rings. The van der Waals surface area contributed by atoms with E-state index >= 15 is 0 Å². The second-order valence-electron chi connectivity index (χ2n) is 7.48. The Bertz CT molecular complexity index is 1160. The van der Waals surface area contributed by atoms with Crippen LogP contribution in [-0.2, 0) is 0 Å². The van der Waals surface area contributed by atoms with E-state index in [-0.39, 0.29) is 11.9 Å². The first-order valence-electron chi connectivity index (χ1n) is 10.2. The van der Waals surface area contributed by atoms with Gasteiger partial charge in [-0.05, 0) is 49.7 Å². The molecule has 2 N–H and O–H groups in total. The molecular weight excluding hydrogens is 384 g/mol. The van der Waals surface area contributed by atoms with E-state index in [1.165, 1.54) is 5.56 Å². The Morgan fingerprint density at radius 3 is 2.32 bits per heavy atom. The zero-order valence-electron chi connectivity index (χ0n) is 17.5. The molecule has 3 aromatic carbocycles. The molecule has 5 heteroatoms. The van der Waals surface area contributed by atoms with Gasteiger partial charge in [-0.1, -0.05) is 66.2 Å². The van der Waals surface area contributed by atoms with Gasteiger partial charge in [0, 0.05) is 16.8 Å². The normalized spacial score (nSPS) is 11.5. The van der Waals surface area contributed by atoms with Gasteiger partial charge in [-0.15, -0.1) is 10.2 Å². The third kappa shape index (κ3) is 5.14. The maximum absolute atomic E-state index is 12.7. The predicted molar refractivity (Wildman–Crippen MR) is 124 cm³/mol. The molecule has 1 amide bonds. The zero-order valence-corrected chi connectivity index (χ0v) is 17.5. The smallest absolute Gasteiger partial charge is 0.251 e. The molecule has 0 radical (unpaired) electrons. The molecule has 0 saturated carbocycles. The van der Waals surface area contributed by atoms with Crippen molar-refractivity contribution in [2.24, 2.45) is 0 Å². The maximum atomic E-state index is 12.7. The first kappa shape index (κ1) is 20.3. The molecular formula is C26H24N4O. The number of rotatable bonds is 6. The number of carbonyl (C=O) groups excluding carboxylic acids is 1. The van der Waals surface area contributed by atoms with Crippen LogP contribution in [0.15, 0.2) is 91.0 Å². The van der Waals surface area contributed by atoms with E-state index in [9.17, 15) is 4.79 Å². The Labute approximate surface area is 182 Å². The average Bonchev–Trinajstić information content (AvgIpc) is 2.81. The van der Waals surface area contributed by atoms with Gasteiger partial charge in [0.05, 0.1) is 11.7 Å². The molecule has 1 aromatic heterocycles. The molecule has 4 aromatic rings. The van der Waals surface area contributed by atoms with E-state index < -0.39 is 0 Å². The minimum Gasteiger partial charge on any atom is -0.346 e. The Morgan fingerprint density at radius 2 is 1.61 bits per heavy atom. The molecule has 0 bridgehead atoms. The fraction of sp³-hybridized carbons (Fsp3) is 0.115. The van der Waals surface area contributed by atoms with Gasteiger partial charge in [-0.2, -0.15) is 0 Å². The number of aromatic nitrogens is 2. The summed E-state index contributed by atoms with van der Waals surface area (Å²) >= 11 is 0. The molecule has 5 nitrogen and oxygen atoms in total. The molecule has 31 heavy (non-hydrogen) atoms. The highest BCUT2D eigenvalue weighted by Gasteiger charge is 2.12. The summed E-state index contributed by atoms with van der Waals surface area (Å²) in [5.74, 6) is 0.493. The third-order valence-electron chi connectivity index (χ3n) is 5.06. The van der Waals surface area contributed by atoms with E-state index in [1.807, 2.05) is 98.8 Å². The fourth-order valence-electron chi connectivity index (χ4n) is 3.27. The van der Waals surface area contributed by atoms with E-state index in [1.54, 1.807) is 6.07 Å². The summed E-state index contributed by atoms with van der Waals surface area (Å²) < 4.78 is 0. The van der Waals surface area contributed by atoms with E-state index in [0.717, 1.165) is 22.5 Å². The quantitative estimate of drug-likeness (QED) is 0.430. The van der Waals surface area contributed by atoms with Crippen molar-refractivity contribution >= 4 is 17.4 Å². The van der Waals surface area contributed by atoms with Crippen LogP contribution in [-0.4, -0.2) is 16.1 Å². The second kappa shape index (κ2) is 9.22. The topological polar surface area (TPSA) is 66.9 Å².